The maximum atomic E-state index is 15.3. The topological polar surface area (TPSA) is 347 Å². The Balaban J connectivity index is 1.42. The number of amides is 9. The van der Waals surface area contributed by atoms with Gasteiger partial charge in [0.1, 0.15) is 42.3 Å². The van der Waals surface area contributed by atoms with Crippen LogP contribution in [0.3, 0.4) is 0 Å². The summed E-state index contributed by atoms with van der Waals surface area (Å²) in [7, 11) is 0. The number of aromatic nitrogens is 1. The molecule has 2 fully saturated rings. The van der Waals surface area contributed by atoms with Gasteiger partial charge in [-0.15, -0.1) is 0 Å². The number of guanidine groups is 1. The summed E-state index contributed by atoms with van der Waals surface area (Å²) in [5.74, 6) is -7.24. The molecule has 4 aromatic rings. The molecule has 22 nitrogen and oxygen atoms in total. The molecular weight excluding hydrogens is 1030 g/mol. The zero-order valence-corrected chi connectivity index (χ0v) is 45.5. The quantitative estimate of drug-likeness (QED) is 0.0436. The molecule has 0 unspecified atom stereocenters. The highest BCUT2D eigenvalue weighted by Crippen LogP contribution is 2.35. The van der Waals surface area contributed by atoms with E-state index >= 15 is 9.59 Å². The van der Waals surface area contributed by atoms with Gasteiger partial charge in [-0.2, -0.15) is 0 Å². The molecule has 0 radical (unpaired) electrons. The van der Waals surface area contributed by atoms with Crippen LogP contribution < -0.4 is 54.4 Å². The maximum absolute atomic E-state index is 15.3. The number of para-hydroxylation sites is 1. The predicted octanol–water partition coefficient (Wildman–Crippen LogP) is 1.73. The Hall–Kier alpha value is -8.01. The Morgan fingerprint density at radius 1 is 0.772 bits per heavy atom. The van der Waals surface area contributed by atoms with Gasteiger partial charge in [-0.25, -0.2) is 0 Å². The van der Waals surface area contributed by atoms with Crippen molar-refractivity contribution < 1.29 is 43.2 Å². The summed E-state index contributed by atoms with van der Waals surface area (Å²) in [4.78, 5) is 136. The van der Waals surface area contributed by atoms with Gasteiger partial charge in [0, 0.05) is 67.4 Å². The summed E-state index contributed by atoms with van der Waals surface area (Å²) in [6.45, 7) is 3.39. The highest BCUT2D eigenvalue weighted by Gasteiger charge is 2.46. The van der Waals surface area contributed by atoms with Crippen molar-refractivity contribution in [1.82, 2.24) is 47.1 Å². The normalized spacial score (nSPS) is 22.6. The monoisotopic (exact) mass is 1110 g/mol. The second-order valence-electron chi connectivity index (χ2n) is 20.1. The fourth-order valence-corrected chi connectivity index (χ4v) is 10.2. The van der Waals surface area contributed by atoms with E-state index in [9.17, 15) is 33.6 Å². The summed E-state index contributed by atoms with van der Waals surface area (Å²) < 4.78 is 0. The summed E-state index contributed by atoms with van der Waals surface area (Å²) in [6.07, 6.45) is 4.32. The van der Waals surface area contributed by atoms with Crippen molar-refractivity contribution in [3.63, 3.8) is 0 Å². The minimum absolute atomic E-state index is 0.00363. The molecule has 14 N–H and O–H groups in total. The van der Waals surface area contributed by atoms with E-state index in [-0.39, 0.29) is 70.5 Å². The highest BCUT2D eigenvalue weighted by atomic mass is 35.5. The Morgan fingerprint density at radius 3 is 2.15 bits per heavy atom. The van der Waals surface area contributed by atoms with Crippen molar-refractivity contribution in [2.45, 2.75) is 146 Å². The van der Waals surface area contributed by atoms with Gasteiger partial charge in [-0.3, -0.25) is 48.1 Å². The molecule has 0 aliphatic carbocycles. The predicted molar refractivity (Wildman–Crippen MR) is 298 cm³/mol. The van der Waals surface area contributed by atoms with E-state index in [0.717, 1.165) is 10.9 Å². The summed E-state index contributed by atoms with van der Waals surface area (Å²) >= 11 is 6.32. The fraction of sp³-hybridized carbons (Fsp3) is 0.464. The van der Waals surface area contributed by atoms with Crippen LogP contribution in [0.5, 0.6) is 0 Å². The molecule has 2 aliphatic heterocycles. The number of aliphatic imine (C=N–C) groups is 1. The van der Waals surface area contributed by atoms with E-state index < -0.39 is 108 Å². The third-order valence-corrected chi connectivity index (χ3v) is 14.4. The first-order valence-electron chi connectivity index (χ1n) is 27.0. The molecule has 8 atom stereocenters. The van der Waals surface area contributed by atoms with Crippen LogP contribution in [0.2, 0.25) is 5.02 Å². The van der Waals surface area contributed by atoms with E-state index in [1.165, 1.54) is 11.8 Å². The summed E-state index contributed by atoms with van der Waals surface area (Å²) in [5, 5.41) is 20.7. The van der Waals surface area contributed by atoms with Gasteiger partial charge in [0.25, 0.3) is 0 Å². The minimum atomic E-state index is -1.52. The minimum Gasteiger partial charge on any atom is -0.370 e. The molecule has 424 valence electrons. The SMILES string of the molecule is CCCC[C@H](NC(C)=O)C(=O)N[C@@H]1CC(=O)NCCCCC[C@@H](C(N)=O)NC(=O)[C@H](Cc2c[nH]c3ccccc23)NC(=O)[C@H](CCCN=C(N)N)NC(=O)[C@@H](Cc2ccccc2)NC(=O)[C@H]2[C@@H](c3ccc(Cl)cc3)CCN2C1=O. The zero-order valence-electron chi connectivity index (χ0n) is 44.7. The smallest absolute Gasteiger partial charge is 0.246 e. The number of H-pyrrole nitrogens is 1. The summed E-state index contributed by atoms with van der Waals surface area (Å²) in [6, 6.07) is 13.9. The van der Waals surface area contributed by atoms with Crippen LogP contribution in [0.1, 0.15) is 107 Å². The zero-order chi connectivity index (χ0) is 57.0. The Bertz CT molecular complexity index is 2810. The van der Waals surface area contributed by atoms with Crippen LogP contribution in [0.25, 0.3) is 10.9 Å². The first kappa shape index (κ1) is 60.2. The van der Waals surface area contributed by atoms with E-state index in [2.05, 4.69) is 47.2 Å². The number of fused-ring (bicyclic) bond motifs is 2. The van der Waals surface area contributed by atoms with Crippen molar-refractivity contribution in [2.24, 2.45) is 22.2 Å². The molecule has 0 bridgehead atoms. The number of primary amides is 1. The maximum Gasteiger partial charge on any atom is 0.246 e. The lowest BCUT2D eigenvalue weighted by molar-refractivity contribution is -0.144. The van der Waals surface area contributed by atoms with Gasteiger partial charge in [-0.1, -0.05) is 105 Å². The molecular formula is C56H74ClN13O9. The molecule has 9 amide bonds. The Morgan fingerprint density at radius 2 is 1.44 bits per heavy atom. The molecule has 0 saturated carbocycles. The number of aromatic amines is 1. The van der Waals surface area contributed by atoms with Crippen LogP contribution in [-0.4, -0.2) is 131 Å². The molecule has 6 rings (SSSR count). The second-order valence-corrected chi connectivity index (χ2v) is 20.6. The standard InChI is InChI=1S/C56H74ClN13O9/c1-3-4-17-42(64-33(2)71)50(74)69-46-31-47(72)61-26-12-6-9-19-41(49(58)73)65-53(77)45(30-36-32-63-40-18-11-10-16-38(36)40)67-51(75)43(20-13-27-62-56(59)60)66-52(76)44(29-34-14-7-5-8-15-34)68-54(78)48-39(25-28-70(48)55(46)79)35-21-23-37(57)24-22-35/h5,7-8,10-11,14-16,18,21-24,32,39,41-46,48,63H,3-4,6,9,12-13,17,19-20,25-31H2,1-2H3,(H2,58,73)(H,61,72)(H,64,71)(H,65,77)(H,66,76)(H,67,75)(H,68,78)(H,69,74)(H4,59,60,62)/t39-,41+,42+,43+,44-,45+,46-,48-/m1/s1. The van der Waals surface area contributed by atoms with E-state index in [4.69, 9.17) is 28.8 Å². The number of hydrogen-bond acceptors (Lipinski definition) is 10. The number of benzene rings is 3. The highest BCUT2D eigenvalue weighted by molar-refractivity contribution is 6.30. The number of halogens is 1. The van der Waals surface area contributed by atoms with E-state index in [0.29, 0.717) is 53.8 Å². The molecule has 2 saturated heterocycles. The van der Waals surface area contributed by atoms with Gasteiger partial charge in [0.15, 0.2) is 5.96 Å². The molecule has 0 spiro atoms. The van der Waals surface area contributed by atoms with Crippen LogP contribution in [-0.2, 0) is 56.0 Å². The molecule has 2 aliphatic rings. The number of nitrogens with one attached hydrogen (secondary N) is 8. The van der Waals surface area contributed by atoms with Gasteiger partial charge < -0.3 is 64.3 Å². The van der Waals surface area contributed by atoms with E-state index in [1.54, 1.807) is 60.8 Å². The average molecular weight is 1110 g/mol. The average Bonchev–Trinajstić information content (AvgIpc) is 4.08. The first-order chi connectivity index (χ1) is 37.9. The van der Waals surface area contributed by atoms with Crippen LogP contribution in [0, 0.1) is 0 Å². The van der Waals surface area contributed by atoms with Crippen molar-refractivity contribution in [2.75, 3.05) is 19.6 Å². The third-order valence-electron chi connectivity index (χ3n) is 14.2. The number of nitrogens with zero attached hydrogens (tertiary/aromatic N) is 2. The van der Waals surface area contributed by atoms with E-state index in [1.807, 2.05) is 31.2 Å². The number of hydrogen-bond donors (Lipinski definition) is 11. The van der Waals surface area contributed by atoms with Crippen molar-refractivity contribution in [3.05, 3.63) is 107 Å². The van der Waals surface area contributed by atoms with Crippen LogP contribution in [0.4, 0.5) is 0 Å². The van der Waals surface area contributed by atoms with Gasteiger partial charge in [-0.05, 0) is 73.4 Å². The third kappa shape index (κ3) is 17.8. The van der Waals surface area contributed by atoms with Gasteiger partial charge >= 0.3 is 0 Å². The number of rotatable bonds is 16. The van der Waals surface area contributed by atoms with Crippen molar-refractivity contribution in [1.29, 1.82) is 0 Å². The van der Waals surface area contributed by atoms with Gasteiger partial charge in [0.2, 0.25) is 53.2 Å². The molecule has 79 heavy (non-hydrogen) atoms. The van der Waals surface area contributed by atoms with Crippen molar-refractivity contribution >= 4 is 81.6 Å². The largest absolute Gasteiger partial charge is 0.370 e. The Labute approximate surface area is 464 Å². The number of carbonyl (C=O) groups is 9. The fourth-order valence-electron chi connectivity index (χ4n) is 10.1. The molecule has 1 aromatic heterocycles. The number of carbonyl (C=O) groups excluding carboxylic acids is 9. The number of unbranched alkanes of at least 4 members (excludes halogenated alkanes) is 1. The number of nitrogens with two attached hydrogens (primary N) is 3. The van der Waals surface area contributed by atoms with Crippen LogP contribution >= 0.6 is 11.6 Å². The van der Waals surface area contributed by atoms with Crippen molar-refractivity contribution in [3.8, 4) is 0 Å². The van der Waals surface area contributed by atoms with Crippen LogP contribution in [0.15, 0.2) is 90.1 Å². The first-order valence-corrected chi connectivity index (χ1v) is 27.3. The lowest BCUT2D eigenvalue weighted by Gasteiger charge is -2.33. The molecule has 23 heteroatoms. The Kier molecular flexibility index (Phi) is 22.6. The van der Waals surface area contributed by atoms with Gasteiger partial charge in [0.05, 0.1) is 6.42 Å². The second kappa shape index (κ2) is 29.7. The lowest BCUT2D eigenvalue weighted by Crippen LogP contribution is -2.61. The summed E-state index contributed by atoms with van der Waals surface area (Å²) in [5.41, 5.74) is 19.8. The molecule has 3 aromatic carbocycles. The lowest BCUT2D eigenvalue weighted by atomic mass is 9.90. The molecule has 3 heterocycles.